The standard InChI is InChI=1S/C18H22N2O2/c1-13-6-5-11-20(14(13)2)15(3)18(21)19-12-16-7-9-17(22-4)10-8-16/h5-11,15H,12H2,1-4H3/p+1/t15-/m0/s1. The monoisotopic (exact) mass is 299 g/mol. The zero-order valence-electron chi connectivity index (χ0n) is 13.6. The maximum atomic E-state index is 12.3. The Labute approximate surface area is 131 Å². The van der Waals surface area contributed by atoms with Crippen LogP contribution in [0.1, 0.15) is 29.8 Å². The fourth-order valence-electron chi connectivity index (χ4n) is 2.34. The van der Waals surface area contributed by atoms with E-state index in [9.17, 15) is 4.79 Å². The van der Waals surface area contributed by atoms with E-state index in [0.29, 0.717) is 6.54 Å². The Hall–Kier alpha value is -2.36. The molecule has 0 saturated carbocycles. The van der Waals surface area contributed by atoms with Gasteiger partial charge in [0.2, 0.25) is 6.04 Å². The van der Waals surface area contributed by atoms with Crippen molar-refractivity contribution in [2.45, 2.75) is 33.4 Å². The van der Waals surface area contributed by atoms with Crippen LogP contribution in [0.2, 0.25) is 0 Å². The predicted molar refractivity (Wildman–Crippen MR) is 85.7 cm³/mol. The molecule has 0 unspecified atom stereocenters. The van der Waals surface area contributed by atoms with Crippen LogP contribution < -0.4 is 14.6 Å². The van der Waals surface area contributed by atoms with Crippen molar-refractivity contribution >= 4 is 5.91 Å². The summed E-state index contributed by atoms with van der Waals surface area (Å²) >= 11 is 0. The fourth-order valence-corrected chi connectivity index (χ4v) is 2.34. The average Bonchev–Trinajstić information content (AvgIpc) is 2.55. The van der Waals surface area contributed by atoms with Gasteiger partial charge in [0.05, 0.1) is 7.11 Å². The van der Waals surface area contributed by atoms with Crippen LogP contribution in [0.3, 0.4) is 0 Å². The first-order valence-electron chi connectivity index (χ1n) is 7.41. The molecule has 1 aromatic heterocycles. The van der Waals surface area contributed by atoms with E-state index in [4.69, 9.17) is 4.74 Å². The molecule has 0 bridgehead atoms. The van der Waals surface area contributed by atoms with Crippen LogP contribution in [0, 0.1) is 13.8 Å². The van der Waals surface area contributed by atoms with Gasteiger partial charge in [-0.15, -0.1) is 0 Å². The molecule has 0 saturated heterocycles. The Bertz CT molecular complexity index is 651. The molecule has 0 spiro atoms. The molecule has 116 valence electrons. The Balaban J connectivity index is 2.00. The minimum Gasteiger partial charge on any atom is -0.497 e. The number of carbonyl (C=O) groups excluding carboxylic acids is 1. The lowest BCUT2D eigenvalue weighted by Crippen LogP contribution is -2.48. The van der Waals surface area contributed by atoms with Crippen LogP contribution >= 0.6 is 0 Å². The molecule has 0 radical (unpaired) electrons. The number of benzene rings is 1. The summed E-state index contributed by atoms with van der Waals surface area (Å²) in [6.07, 6.45) is 1.94. The highest BCUT2D eigenvalue weighted by molar-refractivity contribution is 5.78. The highest BCUT2D eigenvalue weighted by Gasteiger charge is 2.24. The molecular weight excluding hydrogens is 276 g/mol. The Morgan fingerprint density at radius 1 is 1.23 bits per heavy atom. The van der Waals surface area contributed by atoms with E-state index >= 15 is 0 Å². The lowest BCUT2D eigenvalue weighted by atomic mass is 10.2. The van der Waals surface area contributed by atoms with E-state index in [1.807, 2.05) is 67.9 Å². The van der Waals surface area contributed by atoms with Gasteiger partial charge in [-0.05, 0) is 30.7 Å². The number of aryl methyl sites for hydroxylation is 1. The molecule has 1 aromatic carbocycles. The molecule has 4 heteroatoms. The SMILES string of the molecule is COc1ccc(CNC(=O)[C@H](C)[n+]2cccc(C)c2C)cc1. The predicted octanol–water partition coefficient (Wildman–Crippen LogP) is 2.48. The summed E-state index contributed by atoms with van der Waals surface area (Å²) in [6.45, 7) is 6.50. The fraction of sp³-hybridized carbons (Fsp3) is 0.333. The van der Waals surface area contributed by atoms with Crippen LogP contribution in [0.15, 0.2) is 42.6 Å². The van der Waals surface area contributed by atoms with Crippen molar-refractivity contribution in [2.24, 2.45) is 0 Å². The molecule has 22 heavy (non-hydrogen) atoms. The molecule has 1 heterocycles. The first kappa shape index (κ1) is 16.0. The van der Waals surface area contributed by atoms with Crippen LogP contribution in [0.5, 0.6) is 5.75 Å². The zero-order valence-corrected chi connectivity index (χ0v) is 13.6. The van der Waals surface area contributed by atoms with Crippen molar-refractivity contribution < 1.29 is 14.1 Å². The van der Waals surface area contributed by atoms with Gasteiger partial charge in [-0.3, -0.25) is 4.79 Å². The number of hydrogen-bond donors (Lipinski definition) is 1. The summed E-state index contributed by atoms with van der Waals surface area (Å²) in [5.41, 5.74) is 3.33. The first-order valence-corrected chi connectivity index (χ1v) is 7.41. The normalized spacial score (nSPS) is 11.8. The van der Waals surface area contributed by atoms with E-state index in [0.717, 1.165) is 17.0 Å². The summed E-state index contributed by atoms with van der Waals surface area (Å²) in [6, 6.07) is 11.5. The Morgan fingerprint density at radius 3 is 2.55 bits per heavy atom. The van der Waals surface area contributed by atoms with Crippen LogP contribution in [0.4, 0.5) is 0 Å². The molecule has 2 aromatic rings. The zero-order chi connectivity index (χ0) is 16.1. The third-order valence-electron chi connectivity index (χ3n) is 3.97. The number of aromatic nitrogens is 1. The maximum Gasteiger partial charge on any atom is 0.289 e. The summed E-state index contributed by atoms with van der Waals surface area (Å²) in [5, 5.41) is 2.98. The van der Waals surface area contributed by atoms with Gasteiger partial charge in [0, 0.05) is 32.0 Å². The second-order valence-corrected chi connectivity index (χ2v) is 5.43. The molecule has 0 aliphatic heterocycles. The van der Waals surface area contributed by atoms with Gasteiger partial charge < -0.3 is 10.1 Å². The lowest BCUT2D eigenvalue weighted by Gasteiger charge is -2.11. The van der Waals surface area contributed by atoms with Gasteiger partial charge in [0.25, 0.3) is 5.91 Å². The van der Waals surface area contributed by atoms with Crippen molar-refractivity contribution in [1.29, 1.82) is 0 Å². The molecule has 4 nitrogen and oxygen atoms in total. The van der Waals surface area contributed by atoms with E-state index in [1.165, 1.54) is 5.56 Å². The quantitative estimate of drug-likeness (QED) is 0.862. The largest absolute Gasteiger partial charge is 0.497 e. The second kappa shape index (κ2) is 7.07. The number of pyridine rings is 1. The van der Waals surface area contributed by atoms with E-state index in [1.54, 1.807) is 7.11 Å². The molecule has 2 rings (SSSR count). The van der Waals surface area contributed by atoms with Gasteiger partial charge in [-0.25, -0.2) is 0 Å². The van der Waals surface area contributed by atoms with Crippen molar-refractivity contribution in [3.63, 3.8) is 0 Å². The van der Waals surface area contributed by atoms with Crippen molar-refractivity contribution in [3.8, 4) is 5.75 Å². The average molecular weight is 299 g/mol. The summed E-state index contributed by atoms with van der Waals surface area (Å²) < 4.78 is 7.12. The number of carbonyl (C=O) groups is 1. The van der Waals surface area contributed by atoms with E-state index < -0.39 is 0 Å². The van der Waals surface area contributed by atoms with E-state index in [-0.39, 0.29) is 11.9 Å². The molecule has 1 amide bonds. The number of ether oxygens (including phenoxy) is 1. The summed E-state index contributed by atoms with van der Waals surface area (Å²) in [7, 11) is 1.64. The lowest BCUT2D eigenvalue weighted by molar-refractivity contribution is -0.712. The Kier molecular flexibility index (Phi) is 5.15. The van der Waals surface area contributed by atoms with Crippen LogP contribution in [0.25, 0.3) is 0 Å². The third kappa shape index (κ3) is 3.64. The topological polar surface area (TPSA) is 42.2 Å². The van der Waals surface area contributed by atoms with Crippen molar-refractivity contribution in [3.05, 3.63) is 59.4 Å². The molecule has 1 atom stereocenters. The van der Waals surface area contributed by atoms with Gasteiger partial charge in [-0.2, -0.15) is 4.57 Å². The number of rotatable bonds is 5. The van der Waals surface area contributed by atoms with Crippen LogP contribution in [-0.4, -0.2) is 13.0 Å². The third-order valence-corrected chi connectivity index (χ3v) is 3.97. The number of amides is 1. The molecular formula is C18H23N2O2+. The summed E-state index contributed by atoms with van der Waals surface area (Å²) in [4.78, 5) is 12.3. The Morgan fingerprint density at radius 2 is 1.91 bits per heavy atom. The summed E-state index contributed by atoms with van der Waals surface area (Å²) in [5.74, 6) is 0.823. The van der Waals surface area contributed by atoms with Crippen LogP contribution in [-0.2, 0) is 11.3 Å². The molecule has 0 aliphatic carbocycles. The second-order valence-electron chi connectivity index (χ2n) is 5.43. The molecule has 0 fully saturated rings. The van der Waals surface area contributed by atoms with E-state index in [2.05, 4.69) is 5.32 Å². The maximum absolute atomic E-state index is 12.3. The molecule has 1 N–H and O–H groups in total. The number of nitrogens with one attached hydrogen (secondary N) is 1. The number of nitrogens with zero attached hydrogens (tertiary/aromatic N) is 1. The highest BCUT2D eigenvalue weighted by Crippen LogP contribution is 2.11. The van der Waals surface area contributed by atoms with Gasteiger partial charge >= 0.3 is 0 Å². The van der Waals surface area contributed by atoms with Gasteiger partial charge in [0.15, 0.2) is 11.9 Å². The van der Waals surface area contributed by atoms with Crippen molar-refractivity contribution in [2.75, 3.05) is 7.11 Å². The van der Waals surface area contributed by atoms with Gasteiger partial charge in [0.1, 0.15) is 5.75 Å². The number of hydrogen-bond acceptors (Lipinski definition) is 2. The number of methoxy groups -OCH3 is 1. The van der Waals surface area contributed by atoms with Crippen molar-refractivity contribution in [1.82, 2.24) is 5.32 Å². The smallest absolute Gasteiger partial charge is 0.289 e. The minimum absolute atomic E-state index is 0.00881. The minimum atomic E-state index is -0.238. The first-order chi connectivity index (χ1) is 10.5. The van der Waals surface area contributed by atoms with Gasteiger partial charge in [-0.1, -0.05) is 12.1 Å². The highest BCUT2D eigenvalue weighted by atomic mass is 16.5. The molecule has 0 aliphatic rings.